The van der Waals surface area contributed by atoms with Gasteiger partial charge in [-0.15, -0.1) is 0 Å². The first-order valence-corrected chi connectivity index (χ1v) is 22.4. The lowest BCUT2D eigenvalue weighted by atomic mass is 9.64. The number of allylic oxidation sites excluding steroid dienone is 2. The Labute approximate surface area is 370 Å². The Morgan fingerprint density at radius 2 is 1.46 bits per heavy atom. The molecule has 0 saturated heterocycles. The van der Waals surface area contributed by atoms with Crippen molar-refractivity contribution in [3.8, 4) is 16.9 Å². The number of carbonyl (C=O) groups is 2. The summed E-state index contributed by atoms with van der Waals surface area (Å²) in [5.74, 6) is 0.127. The normalized spacial score (nSPS) is 21.4. The van der Waals surface area contributed by atoms with Crippen LogP contribution in [0, 0.1) is 5.41 Å². The van der Waals surface area contributed by atoms with Gasteiger partial charge in [0, 0.05) is 23.1 Å². The van der Waals surface area contributed by atoms with Crippen molar-refractivity contribution in [3.05, 3.63) is 197 Å². The van der Waals surface area contributed by atoms with E-state index in [2.05, 4.69) is 50.3 Å². The lowest BCUT2D eigenvalue weighted by molar-refractivity contribution is -0.0801. The molecular weight excluding hydrogens is 779 g/mol. The van der Waals surface area contributed by atoms with Crippen molar-refractivity contribution in [2.75, 3.05) is 6.54 Å². The molecule has 0 heterocycles. The number of amides is 1. The van der Waals surface area contributed by atoms with Crippen LogP contribution < -0.4 is 4.74 Å². The quantitative estimate of drug-likeness (QED) is 0.118. The van der Waals surface area contributed by atoms with Crippen molar-refractivity contribution in [2.24, 2.45) is 5.41 Å². The summed E-state index contributed by atoms with van der Waals surface area (Å²) in [5.41, 5.74) is 4.82. The van der Waals surface area contributed by atoms with Gasteiger partial charge in [0.2, 0.25) is 0 Å². The number of nitrogens with zero attached hydrogens (tertiary/aromatic N) is 1. The number of hydrogen-bond acceptors (Lipinski definition) is 5. The molecule has 10 rings (SSSR count). The summed E-state index contributed by atoms with van der Waals surface area (Å²) in [6, 6.07) is 51.8. The lowest BCUT2D eigenvalue weighted by Crippen LogP contribution is -2.54. The van der Waals surface area contributed by atoms with Crippen LogP contribution in [0.15, 0.2) is 169 Å². The topological polar surface area (TPSA) is 87.1 Å². The monoisotopic (exact) mass is 833 g/mol. The zero-order valence-electron chi connectivity index (χ0n) is 36.2. The SMILES string of the molecule is CC1=CCC[C@@]2(C)[C@@H](CC[C@@]2(O)CN(Cc2cccc3ccccc23)C(=O)Oc2ccc3ccccc3c2)c2ccc(cc2C(=O)c2ccccc2-c2ccccc2)C[C@@H](O)CC1. The van der Waals surface area contributed by atoms with E-state index in [4.69, 9.17) is 4.74 Å². The molecule has 1 saturated carbocycles. The lowest BCUT2D eigenvalue weighted by Gasteiger charge is -2.46. The molecule has 0 unspecified atom stereocenters. The maximum atomic E-state index is 15.2. The van der Waals surface area contributed by atoms with Crippen molar-refractivity contribution in [3.63, 3.8) is 0 Å². The number of rotatable bonds is 8. The van der Waals surface area contributed by atoms with Crippen molar-refractivity contribution in [1.82, 2.24) is 4.90 Å². The van der Waals surface area contributed by atoms with Crippen LogP contribution in [0.3, 0.4) is 0 Å². The van der Waals surface area contributed by atoms with Crippen molar-refractivity contribution in [1.29, 1.82) is 0 Å². The van der Waals surface area contributed by atoms with E-state index in [1.807, 2.05) is 127 Å². The van der Waals surface area contributed by atoms with Crippen LogP contribution in [-0.4, -0.2) is 45.2 Å². The number of ether oxygens (including phenoxy) is 1. The van der Waals surface area contributed by atoms with E-state index >= 15 is 4.79 Å². The molecule has 6 heteroatoms. The summed E-state index contributed by atoms with van der Waals surface area (Å²) >= 11 is 0. The minimum Gasteiger partial charge on any atom is -0.410 e. The van der Waals surface area contributed by atoms with Gasteiger partial charge in [-0.05, 0) is 125 Å². The Balaban J connectivity index is 1.13. The molecular formula is C57H55NO5. The molecule has 6 nitrogen and oxygen atoms in total. The maximum absolute atomic E-state index is 15.2. The summed E-state index contributed by atoms with van der Waals surface area (Å²) in [4.78, 5) is 31.6. The van der Waals surface area contributed by atoms with E-state index in [1.54, 1.807) is 4.90 Å². The molecule has 0 spiro atoms. The molecule has 318 valence electrons. The van der Waals surface area contributed by atoms with Gasteiger partial charge in [-0.3, -0.25) is 4.79 Å². The van der Waals surface area contributed by atoms with Crippen LogP contribution in [0.1, 0.15) is 90.9 Å². The highest BCUT2D eigenvalue weighted by molar-refractivity contribution is 6.14. The Hall–Kier alpha value is -6.34. The fourth-order valence-corrected chi connectivity index (χ4v) is 10.4. The molecule has 2 bridgehead atoms. The van der Waals surface area contributed by atoms with E-state index in [-0.39, 0.29) is 24.8 Å². The van der Waals surface area contributed by atoms with E-state index < -0.39 is 23.2 Å². The highest BCUT2D eigenvalue weighted by Gasteiger charge is 2.58. The molecule has 4 atom stereocenters. The second kappa shape index (κ2) is 17.8. The molecule has 63 heavy (non-hydrogen) atoms. The highest BCUT2D eigenvalue weighted by Crippen LogP contribution is 2.59. The van der Waals surface area contributed by atoms with Crippen LogP contribution in [-0.2, 0) is 13.0 Å². The smallest absolute Gasteiger partial charge is 0.410 e. The van der Waals surface area contributed by atoms with E-state index in [0.717, 1.165) is 55.8 Å². The van der Waals surface area contributed by atoms with Crippen LogP contribution in [0.4, 0.5) is 4.79 Å². The second-order valence-electron chi connectivity index (χ2n) is 18.1. The number of fused-ring (bicyclic) bond motifs is 10. The van der Waals surface area contributed by atoms with Crippen LogP contribution in [0.25, 0.3) is 32.7 Å². The summed E-state index contributed by atoms with van der Waals surface area (Å²) < 4.78 is 6.22. The Bertz CT molecular complexity index is 2820. The van der Waals surface area contributed by atoms with Gasteiger partial charge in [-0.25, -0.2) is 4.79 Å². The molecule has 0 aromatic heterocycles. The zero-order chi connectivity index (χ0) is 43.6. The largest absolute Gasteiger partial charge is 0.415 e. The van der Waals surface area contributed by atoms with Gasteiger partial charge in [0.15, 0.2) is 5.78 Å². The van der Waals surface area contributed by atoms with Gasteiger partial charge in [-0.1, -0.05) is 158 Å². The van der Waals surface area contributed by atoms with Crippen LogP contribution in [0.5, 0.6) is 5.75 Å². The Morgan fingerprint density at radius 3 is 2.30 bits per heavy atom. The summed E-state index contributed by atoms with van der Waals surface area (Å²) in [6.07, 6.45) is 5.29. The first kappa shape index (κ1) is 42.0. The first-order chi connectivity index (χ1) is 30.6. The van der Waals surface area contributed by atoms with Crippen molar-refractivity contribution in [2.45, 2.75) is 83.0 Å². The maximum Gasteiger partial charge on any atom is 0.415 e. The Morgan fingerprint density at radius 1 is 0.730 bits per heavy atom. The van der Waals surface area contributed by atoms with Gasteiger partial charge in [0.05, 0.1) is 18.2 Å². The van der Waals surface area contributed by atoms with Gasteiger partial charge in [0.1, 0.15) is 5.75 Å². The van der Waals surface area contributed by atoms with Gasteiger partial charge in [0.25, 0.3) is 0 Å². The third-order valence-corrected chi connectivity index (χ3v) is 14.1. The minimum atomic E-state index is -1.36. The summed E-state index contributed by atoms with van der Waals surface area (Å²) in [6.45, 7) is 4.53. The third kappa shape index (κ3) is 8.58. The predicted octanol–water partition coefficient (Wildman–Crippen LogP) is 12.6. The fraction of sp³-hybridized carbons (Fsp3) is 0.263. The minimum absolute atomic E-state index is 0.0305. The first-order valence-electron chi connectivity index (χ1n) is 22.4. The third-order valence-electron chi connectivity index (χ3n) is 14.1. The highest BCUT2D eigenvalue weighted by atomic mass is 16.6. The second-order valence-corrected chi connectivity index (χ2v) is 18.1. The van der Waals surface area contributed by atoms with Gasteiger partial charge < -0.3 is 19.8 Å². The molecule has 1 fully saturated rings. The Kier molecular flexibility index (Phi) is 11.9. The number of aliphatic hydroxyl groups is 2. The molecule has 3 aliphatic rings. The molecule has 1 amide bonds. The zero-order valence-corrected chi connectivity index (χ0v) is 36.2. The van der Waals surface area contributed by atoms with Crippen LogP contribution in [0.2, 0.25) is 0 Å². The standard InChI is InChI=1S/C57H55NO5/c1-39-14-13-32-56(2)53(50-30-26-40(34-46(59)28-25-39)35-52(50)54(60)51-24-11-10-23-49(51)43-16-4-3-5-17-43)31-33-57(56,62)38-58(37-45-21-12-20-42-18-8-9-22-48(42)45)55(61)63-47-29-27-41-15-6-7-19-44(41)36-47/h3-12,14-24,26-27,29-30,35-36,46,53,59,62H,13,25,28,31-34,37-38H2,1-2H3/t46-,53-,56-,57+/m0/s1. The fourth-order valence-electron chi connectivity index (χ4n) is 10.4. The molecule has 7 aromatic carbocycles. The van der Waals surface area contributed by atoms with Gasteiger partial charge >= 0.3 is 6.09 Å². The van der Waals surface area contributed by atoms with E-state index in [1.165, 1.54) is 5.57 Å². The average Bonchev–Trinajstić information content (AvgIpc) is 3.56. The van der Waals surface area contributed by atoms with Crippen molar-refractivity contribution >= 4 is 33.4 Å². The summed E-state index contributed by atoms with van der Waals surface area (Å²) in [7, 11) is 0. The number of benzene rings is 7. The number of carbonyl (C=O) groups excluding carboxylic acids is 2. The van der Waals surface area contributed by atoms with Crippen LogP contribution >= 0.6 is 0 Å². The van der Waals surface area contributed by atoms with Gasteiger partial charge in [-0.2, -0.15) is 0 Å². The number of aliphatic hydroxyl groups excluding tert-OH is 1. The molecule has 3 aliphatic carbocycles. The predicted molar refractivity (Wildman–Crippen MR) is 253 cm³/mol. The number of hydrogen-bond donors (Lipinski definition) is 2. The molecule has 0 radical (unpaired) electrons. The molecule has 2 N–H and O–H groups in total. The van der Waals surface area contributed by atoms with Crippen molar-refractivity contribution < 1.29 is 24.5 Å². The van der Waals surface area contributed by atoms with E-state index in [0.29, 0.717) is 55.4 Å². The summed E-state index contributed by atoms with van der Waals surface area (Å²) in [5, 5.41) is 28.8. The van der Waals surface area contributed by atoms with E-state index in [9.17, 15) is 15.0 Å². The average molecular weight is 834 g/mol. The molecule has 7 aromatic rings. The number of ketones is 1. The molecule has 0 aliphatic heterocycles.